The summed E-state index contributed by atoms with van der Waals surface area (Å²) in [7, 11) is 3.63. The van der Waals surface area contributed by atoms with E-state index < -0.39 is 0 Å². The SMILES string of the molecule is COc1ccc(-c2nn(CN3CCC(c4nc5ccccc5o4)CC3)c(=S)n2C)cc1. The summed E-state index contributed by atoms with van der Waals surface area (Å²) in [5, 5.41) is 4.80. The van der Waals surface area contributed by atoms with Crippen LogP contribution in [0.5, 0.6) is 5.75 Å². The van der Waals surface area contributed by atoms with Crippen LogP contribution in [0.2, 0.25) is 0 Å². The summed E-state index contributed by atoms with van der Waals surface area (Å²) in [6, 6.07) is 15.8. The number of rotatable bonds is 5. The van der Waals surface area contributed by atoms with E-state index in [-0.39, 0.29) is 0 Å². The maximum absolute atomic E-state index is 5.99. The molecule has 160 valence electrons. The van der Waals surface area contributed by atoms with Gasteiger partial charge in [0.25, 0.3) is 0 Å². The highest BCUT2D eigenvalue weighted by Crippen LogP contribution is 2.30. The molecule has 0 radical (unpaired) electrons. The summed E-state index contributed by atoms with van der Waals surface area (Å²) in [4.78, 5) is 7.08. The first-order valence-corrected chi connectivity index (χ1v) is 10.9. The molecule has 0 N–H and O–H groups in total. The second-order valence-electron chi connectivity index (χ2n) is 7.95. The molecular weight excluding hydrogens is 410 g/mol. The number of nitrogens with zero attached hydrogens (tertiary/aromatic N) is 5. The average Bonchev–Trinajstić information content (AvgIpc) is 3.36. The molecule has 0 amide bonds. The molecule has 8 heteroatoms. The van der Waals surface area contributed by atoms with Crippen molar-refractivity contribution < 1.29 is 9.15 Å². The minimum atomic E-state index is 0.357. The number of likely N-dealkylation sites (tertiary alicyclic amines) is 1. The van der Waals surface area contributed by atoms with Crippen molar-refractivity contribution in [2.24, 2.45) is 7.05 Å². The van der Waals surface area contributed by atoms with Gasteiger partial charge in [-0.15, -0.1) is 0 Å². The Bertz CT molecular complexity index is 1220. The first kappa shape index (κ1) is 20.0. The number of aromatic nitrogens is 4. The van der Waals surface area contributed by atoms with Crippen molar-refractivity contribution >= 4 is 23.3 Å². The zero-order valence-corrected chi connectivity index (χ0v) is 18.5. The van der Waals surface area contributed by atoms with Gasteiger partial charge in [-0.25, -0.2) is 9.67 Å². The van der Waals surface area contributed by atoms with Crippen LogP contribution in [0.1, 0.15) is 24.7 Å². The number of methoxy groups -OCH3 is 1. The van der Waals surface area contributed by atoms with E-state index in [2.05, 4.69) is 9.88 Å². The van der Waals surface area contributed by atoms with Crippen LogP contribution in [-0.2, 0) is 13.7 Å². The lowest BCUT2D eigenvalue weighted by Gasteiger charge is -2.30. The smallest absolute Gasteiger partial charge is 0.199 e. The molecular formula is C23H25N5O2S. The normalized spacial score (nSPS) is 15.5. The highest BCUT2D eigenvalue weighted by atomic mass is 32.1. The lowest BCUT2D eigenvalue weighted by atomic mass is 9.97. The summed E-state index contributed by atoms with van der Waals surface area (Å²) in [6.45, 7) is 2.60. The predicted octanol–water partition coefficient (Wildman–Crippen LogP) is 4.60. The molecule has 31 heavy (non-hydrogen) atoms. The Morgan fingerprint density at radius 3 is 2.55 bits per heavy atom. The fourth-order valence-corrected chi connectivity index (χ4v) is 4.33. The Balaban J connectivity index is 1.27. The topological polar surface area (TPSA) is 61.2 Å². The maximum Gasteiger partial charge on any atom is 0.199 e. The molecule has 7 nitrogen and oxygen atoms in total. The maximum atomic E-state index is 5.99. The quantitative estimate of drug-likeness (QED) is 0.427. The lowest BCUT2D eigenvalue weighted by molar-refractivity contribution is 0.153. The standard InChI is InChI=1S/C23H25N5O2S/c1-26-21(16-7-9-18(29-2)10-8-16)25-28(23(26)31)15-27-13-11-17(12-14-27)22-24-19-5-3-4-6-20(19)30-22/h3-10,17H,11-15H2,1-2H3. The Kier molecular flexibility index (Phi) is 5.33. The Morgan fingerprint density at radius 2 is 1.84 bits per heavy atom. The lowest BCUT2D eigenvalue weighted by Crippen LogP contribution is -2.35. The van der Waals surface area contributed by atoms with E-state index in [1.165, 1.54) is 0 Å². The minimum Gasteiger partial charge on any atom is -0.497 e. The van der Waals surface area contributed by atoms with Gasteiger partial charge in [-0.05, 0) is 61.5 Å². The van der Waals surface area contributed by atoms with Gasteiger partial charge in [0.1, 0.15) is 11.3 Å². The van der Waals surface area contributed by atoms with Crippen LogP contribution in [-0.4, -0.2) is 44.4 Å². The van der Waals surface area contributed by atoms with E-state index in [9.17, 15) is 0 Å². The van der Waals surface area contributed by atoms with Crippen molar-refractivity contribution in [1.82, 2.24) is 24.2 Å². The molecule has 3 heterocycles. The summed E-state index contributed by atoms with van der Waals surface area (Å²) >= 11 is 5.65. The monoisotopic (exact) mass is 435 g/mol. The average molecular weight is 436 g/mol. The van der Waals surface area contributed by atoms with E-state index in [4.69, 9.17) is 26.5 Å². The molecule has 0 saturated carbocycles. The van der Waals surface area contributed by atoms with Crippen molar-refractivity contribution in [3.63, 3.8) is 0 Å². The molecule has 5 rings (SSSR count). The van der Waals surface area contributed by atoms with E-state index in [1.807, 2.05) is 64.8 Å². The van der Waals surface area contributed by atoms with Gasteiger partial charge in [-0.2, -0.15) is 5.10 Å². The number of fused-ring (bicyclic) bond motifs is 1. The minimum absolute atomic E-state index is 0.357. The number of piperidine rings is 1. The highest BCUT2D eigenvalue weighted by Gasteiger charge is 2.25. The van der Waals surface area contributed by atoms with Gasteiger partial charge in [0.05, 0.1) is 13.8 Å². The zero-order valence-electron chi connectivity index (χ0n) is 17.7. The van der Waals surface area contributed by atoms with Gasteiger partial charge in [0, 0.05) is 31.6 Å². The fraction of sp³-hybridized carbons (Fsp3) is 0.348. The molecule has 0 bridgehead atoms. The van der Waals surface area contributed by atoms with Crippen LogP contribution in [0.3, 0.4) is 0 Å². The summed E-state index contributed by atoms with van der Waals surface area (Å²) in [5.41, 5.74) is 2.82. The van der Waals surface area contributed by atoms with Gasteiger partial charge in [0.15, 0.2) is 22.1 Å². The van der Waals surface area contributed by atoms with Crippen LogP contribution in [0.15, 0.2) is 52.9 Å². The number of hydrogen-bond acceptors (Lipinski definition) is 6. The second kappa shape index (κ2) is 8.28. The molecule has 0 atom stereocenters. The van der Waals surface area contributed by atoms with Crippen LogP contribution in [0.25, 0.3) is 22.5 Å². The van der Waals surface area contributed by atoms with E-state index >= 15 is 0 Å². The van der Waals surface area contributed by atoms with Gasteiger partial charge < -0.3 is 13.7 Å². The van der Waals surface area contributed by atoms with Crippen molar-refractivity contribution in [2.45, 2.75) is 25.4 Å². The van der Waals surface area contributed by atoms with Gasteiger partial charge >= 0.3 is 0 Å². The first-order chi connectivity index (χ1) is 15.1. The third-order valence-corrected chi connectivity index (χ3v) is 6.45. The van der Waals surface area contributed by atoms with Gasteiger partial charge in [-0.1, -0.05) is 12.1 Å². The molecule has 4 aromatic rings. The third kappa shape index (κ3) is 3.88. The molecule has 1 aliphatic rings. The first-order valence-electron chi connectivity index (χ1n) is 10.5. The predicted molar refractivity (Wildman–Crippen MR) is 122 cm³/mol. The molecule has 0 spiro atoms. The summed E-state index contributed by atoms with van der Waals surface area (Å²) in [6.07, 6.45) is 2.02. The van der Waals surface area contributed by atoms with Gasteiger partial charge in [-0.3, -0.25) is 4.90 Å². The third-order valence-electron chi connectivity index (χ3n) is 5.97. The molecule has 1 saturated heterocycles. The van der Waals surface area contributed by atoms with Crippen LogP contribution in [0.4, 0.5) is 0 Å². The molecule has 0 aliphatic carbocycles. The Morgan fingerprint density at radius 1 is 1.10 bits per heavy atom. The van der Waals surface area contributed by atoms with Crippen molar-refractivity contribution in [1.29, 1.82) is 0 Å². The number of ether oxygens (including phenoxy) is 1. The molecule has 1 aliphatic heterocycles. The van der Waals surface area contributed by atoms with Crippen molar-refractivity contribution in [2.75, 3.05) is 20.2 Å². The number of hydrogen-bond donors (Lipinski definition) is 0. The number of para-hydroxylation sites is 2. The largest absolute Gasteiger partial charge is 0.497 e. The van der Waals surface area contributed by atoms with E-state index in [0.717, 1.165) is 60.1 Å². The molecule has 0 unspecified atom stereocenters. The molecule has 1 fully saturated rings. The van der Waals surface area contributed by atoms with E-state index in [0.29, 0.717) is 17.4 Å². The van der Waals surface area contributed by atoms with Crippen LogP contribution in [0, 0.1) is 4.77 Å². The number of benzene rings is 2. The van der Waals surface area contributed by atoms with Crippen LogP contribution >= 0.6 is 12.2 Å². The van der Waals surface area contributed by atoms with Gasteiger partial charge in [0.2, 0.25) is 0 Å². The summed E-state index contributed by atoms with van der Waals surface area (Å²) in [5.74, 6) is 2.90. The van der Waals surface area contributed by atoms with Crippen LogP contribution < -0.4 is 4.74 Å². The second-order valence-corrected chi connectivity index (χ2v) is 8.31. The van der Waals surface area contributed by atoms with E-state index in [1.54, 1.807) is 7.11 Å². The van der Waals surface area contributed by atoms with Crippen molar-refractivity contribution in [3.05, 3.63) is 59.2 Å². The Hall–Kier alpha value is -2.97. The number of oxazole rings is 1. The molecule has 2 aromatic heterocycles. The zero-order chi connectivity index (χ0) is 21.4. The molecule has 2 aromatic carbocycles. The summed E-state index contributed by atoms with van der Waals surface area (Å²) < 4.78 is 15.8. The van der Waals surface area contributed by atoms with Crippen molar-refractivity contribution in [3.8, 4) is 17.1 Å². The fourth-order valence-electron chi connectivity index (χ4n) is 4.15. The highest BCUT2D eigenvalue weighted by molar-refractivity contribution is 7.71. The Labute approximate surface area is 185 Å².